The first-order valence-electron chi connectivity index (χ1n) is 4.96. The Morgan fingerprint density at radius 1 is 1.43 bits per heavy atom. The molecule has 0 atom stereocenters. The normalized spacial score (nSPS) is 18.4. The van der Waals surface area contributed by atoms with Crippen LogP contribution in [0.4, 0.5) is 0 Å². The van der Waals surface area contributed by atoms with Gasteiger partial charge in [0.15, 0.2) is 4.96 Å². The van der Waals surface area contributed by atoms with Gasteiger partial charge in [-0.15, -0.1) is 11.3 Å². The van der Waals surface area contributed by atoms with Gasteiger partial charge in [-0.2, -0.15) is 0 Å². The Balaban J connectivity index is 2.14. The van der Waals surface area contributed by atoms with E-state index in [0.717, 1.165) is 15.5 Å². The van der Waals surface area contributed by atoms with E-state index >= 15 is 0 Å². The highest BCUT2D eigenvalue weighted by Gasteiger charge is 2.21. The molecular weight excluding hydrogens is 260 g/mol. The van der Waals surface area contributed by atoms with Crippen LogP contribution < -0.4 is 0 Å². The van der Waals surface area contributed by atoms with Gasteiger partial charge in [-0.1, -0.05) is 12.8 Å². The summed E-state index contributed by atoms with van der Waals surface area (Å²) < 4.78 is 3.34. The molecule has 0 N–H and O–H groups in total. The van der Waals surface area contributed by atoms with Gasteiger partial charge in [0.2, 0.25) is 0 Å². The van der Waals surface area contributed by atoms with Crippen molar-refractivity contribution < 1.29 is 0 Å². The molecule has 1 aliphatic carbocycles. The van der Waals surface area contributed by atoms with Gasteiger partial charge >= 0.3 is 0 Å². The van der Waals surface area contributed by atoms with Crippen molar-refractivity contribution in [2.24, 2.45) is 0 Å². The molecule has 1 saturated carbocycles. The summed E-state index contributed by atoms with van der Waals surface area (Å²) >= 11 is 5.29. The first-order valence-corrected chi connectivity index (χ1v) is 6.64. The van der Waals surface area contributed by atoms with E-state index in [2.05, 4.69) is 30.7 Å². The topological polar surface area (TPSA) is 17.3 Å². The van der Waals surface area contributed by atoms with Crippen LogP contribution in [0, 0.1) is 0 Å². The Bertz CT molecular complexity index is 454. The zero-order valence-corrected chi connectivity index (χ0v) is 10.1. The van der Waals surface area contributed by atoms with Gasteiger partial charge in [-0.05, 0) is 28.8 Å². The number of aromatic nitrogens is 2. The fourth-order valence-electron chi connectivity index (χ4n) is 2.30. The molecule has 2 aromatic heterocycles. The van der Waals surface area contributed by atoms with Crippen LogP contribution in [-0.2, 0) is 0 Å². The Kier molecular flexibility index (Phi) is 2.13. The number of imidazole rings is 1. The molecule has 3 rings (SSSR count). The molecular formula is C10H11BrN2S. The summed E-state index contributed by atoms with van der Waals surface area (Å²) in [7, 11) is 0. The van der Waals surface area contributed by atoms with Crippen molar-refractivity contribution in [1.29, 1.82) is 0 Å². The van der Waals surface area contributed by atoms with E-state index in [1.54, 1.807) is 11.3 Å². The molecule has 0 unspecified atom stereocenters. The summed E-state index contributed by atoms with van der Waals surface area (Å²) in [6.45, 7) is 0. The van der Waals surface area contributed by atoms with Gasteiger partial charge in [0.25, 0.3) is 0 Å². The van der Waals surface area contributed by atoms with Crippen LogP contribution in [0.15, 0.2) is 16.2 Å². The Morgan fingerprint density at radius 2 is 2.21 bits per heavy atom. The van der Waals surface area contributed by atoms with Gasteiger partial charge in [-0.3, -0.25) is 4.40 Å². The molecule has 2 nitrogen and oxygen atoms in total. The molecule has 2 heterocycles. The van der Waals surface area contributed by atoms with Gasteiger partial charge in [0, 0.05) is 17.0 Å². The molecule has 2 aromatic rings. The Morgan fingerprint density at radius 3 is 3.00 bits per heavy atom. The van der Waals surface area contributed by atoms with Gasteiger partial charge in [0.05, 0.1) is 6.20 Å². The van der Waals surface area contributed by atoms with Crippen LogP contribution in [0.3, 0.4) is 0 Å². The number of hydrogen-bond donors (Lipinski definition) is 0. The van der Waals surface area contributed by atoms with E-state index in [4.69, 9.17) is 0 Å². The van der Waals surface area contributed by atoms with Gasteiger partial charge in [0.1, 0.15) is 4.60 Å². The maximum Gasteiger partial charge on any atom is 0.194 e. The van der Waals surface area contributed by atoms with E-state index in [-0.39, 0.29) is 0 Å². The molecule has 4 heteroatoms. The van der Waals surface area contributed by atoms with Gasteiger partial charge in [-0.25, -0.2) is 4.98 Å². The first kappa shape index (κ1) is 8.92. The summed E-state index contributed by atoms with van der Waals surface area (Å²) in [5.74, 6) is 0.759. The smallest absolute Gasteiger partial charge is 0.194 e. The largest absolute Gasteiger partial charge is 0.281 e. The predicted octanol–water partition coefficient (Wildman–Crippen LogP) is 3.82. The SMILES string of the molecule is Brc1cnc2scc(C3CCCC3)n12. The lowest BCUT2D eigenvalue weighted by atomic mass is 10.1. The third-order valence-corrected chi connectivity index (χ3v) is 4.42. The maximum absolute atomic E-state index is 4.34. The zero-order chi connectivity index (χ0) is 9.54. The van der Waals surface area contributed by atoms with Crippen molar-refractivity contribution in [1.82, 2.24) is 9.38 Å². The van der Waals surface area contributed by atoms with Crippen molar-refractivity contribution in [2.45, 2.75) is 31.6 Å². The standard InChI is InChI=1S/C10H11BrN2S/c11-9-5-12-10-13(9)8(6-14-10)7-3-1-2-4-7/h5-7H,1-4H2. The molecule has 0 saturated heterocycles. The van der Waals surface area contributed by atoms with Crippen LogP contribution in [0.25, 0.3) is 4.96 Å². The molecule has 0 spiro atoms. The molecule has 0 bridgehead atoms. The fourth-order valence-corrected chi connectivity index (χ4v) is 3.84. The van der Waals surface area contributed by atoms with Crippen molar-refractivity contribution in [2.75, 3.05) is 0 Å². The second kappa shape index (κ2) is 3.35. The lowest BCUT2D eigenvalue weighted by Gasteiger charge is -2.07. The highest BCUT2D eigenvalue weighted by Crippen LogP contribution is 2.37. The minimum Gasteiger partial charge on any atom is -0.281 e. The van der Waals surface area contributed by atoms with E-state index in [0.29, 0.717) is 0 Å². The highest BCUT2D eigenvalue weighted by atomic mass is 79.9. The molecule has 74 valence electrons. The molecule has 1 aliphatic rings. The summed E-state index contributed by atoms with van der Waals surface area (Å²) in [6, 6.07) is 0. The van der Waals surface area contributed by atoms with Crippen LogP contribution in [-0.4, -0.2) is 9.38 Å². The molecule has 0 radical (unpaired) electrons. The average molecular weight is 271 g/mol. The Labute approximate surface area is 95.1 Å². The second-order valence-corrected chi connectivity index (χ2v) is 5.49. The molecule has 0 aliphatic heterocycles. The highest BCUT2D eigenvalue weighted by molar-refractivity contribution is 9.10. The van der Waals surface area contributed by atoms with Crippen molar-refractivity contribution in [3.8, 4) is 0 Å². The number of halogens is 1. The summed E-state index contributed by atoms with van der Waals surface area (Å²) in [4.78, 5) is 5.45. The molecule has 1 fully saturated rings. The number of thiazole rings is 1. The third-order valence-electron chi connectivity index (χ3n) is 3.00. The predicted molar refractivity (Wildman–Crippen MR) is 62.0 cm³/mol. The molecule has 0 aromatic carbocycles. The van der Waals surface area contributed by atoms with Crippen molar-refractivity contribution in [3.05, 3.63) is 21.9 Å². The number of rotatable bonds is 1. The maximum atomic E-state index is 4.34. The van der Waals surface area contributed by atoms with Crippen LogP contribution >= 0.6 is 27.3 Å². The van der Waals surface area contributed by atoms with Gasteiger partial charge < -0.3 is 0 Å². The number of fused-ring (bicyclic) bond motifs is 1. The van der Waals surface area contributed by atoms with E-state index in [1.165, 1.54) is 31.4 Å². The van der Waals surface area contributed by atoms with Crippen LogP contribution in [0.2, 0.25) is 0 Å². The van der Waals surface area contributed by atoms with E-state index in [9.17, 15) is 0 Å². The van der Waals surface area contributed by atoms with Crippen molar-refractivity contribution >= 4 is 32.2 Å². The quantitative estimate of drug-likeness (QED) is 0.770. The first-order chi connectivity index (χ1) is 6.86. The summed E-state index contributed by atoms with van der Waals surface area (Å²) in [5.41, 5.74) is 1.45. The third kappa shape index (κ3) is 1.24. The van der Waals surface area contributed by atoms with E-state index in [1.807, 2.05) is 6.20 Å². The lowest BCUT2D eigenvalue weighted by molar-refractivity contribution is 0.689. The van der Waals surface area contributed by atoms with Crippen LogP contribution in [0.1, 0.15) is 37.3 Å². The molecule has 0 amide bonds. The monoisotopic (exact) mass is 270 g/mol. The molecule has 14 heavy (non-hydrogen) atoms. The summed E-state index contributed by atoms with van der Waals surface area (Å²) in [6.07, 6.45) is 7.35. The zero-order valence-electron chi connectivity index (χ0n) is 7.74. The second-order valence-electron chi connectivity index (χ2n) is 3.84. The fraction of sp³-hybridized carbons (Fsp3) is 0.500. The number of hydrogen-bond acceptors (Lipinski definition) is 2. The minimum absolute atomic E-state index is 0.759. The summed E-state index contributed by atoms with van der Waals surface area (Å²) in [5, 5.41) is 2.27. The minimum atomic E-state index is 0.759. The van der Waals surface area contributed by atoms with Crippen molar-refractivity contribution in [3.63, 3.8) is 0 Å². The average Bonchev–Trinajstić information content (AvgIpc) is 2.84. The van der Waals surface area contributed by atoms with E-state index < -0.39 is 0 Å². The number of nitrogens with zero attached hydrogens (tertiary/aromatic N) is 2. The lowest BCUT2D eigenvalue weighted by Crippen LogP contribution is -1.96. The van der Waals surface area contributed by atoms with Crippen LogP contribution in [0.5, 0.6) is 0 Å². The Hall–Kier alpha value is -0.350.